The number of nitrogens with zero attached hydrogens (tertiary/aromatic N) is 1. The lowest BCUT2D eigenvalue weighted by atomic mass is 10.1. The van der Waals surface area contributed by atoms with E-state index >= 15 is 0 Å². The second-order valence-electron chi connectivity index (χ2n) is 4.09. The van der Waals surface area contributed by atoms with Crippen LogP contribution in [0.5, 0.6) is 0 Å². The molecule has 0 atom stereocenters. The van der Waals surface area contributed by atoms with Crippen LogP contribution >= 0.6 is 0 Å². The van der Waals surface area contributed by atoms with E-state index in [0.717, 1.165) is 5.56 Å². The van der Waals surface area contributed by atoms with Crippen molar-refractivity contribution < 1.29 is 9.59 Å². The SMILES string of the molecule is NC1(N)CC(=O)NC(=O)N1Cc1ccccc1. The molecule has 0 unspecified atom stereocenters. The summed E-state index contributed by atoms with van der Waals surface area (Å²) in [5, 5.41) is 2.19. The Morgan fingerprint density at radius 1 is 1.24 bits per heavy atom. The van der Waals surface area contributed by atoms with E-state index in [-0.39, 0.29) is 13.0 Å². The van der Waals surface area contributed by atoms with Crippen molar-refractivity contribution in [2.45, 2.75) is 18.8 Å². The molecule has 1 fully saturated rings. The van der Waals surface area contributed by atoms with E-state index in [0.29, 0.717) is 0 Å². The molecule has 0 aliphatic carbocycles. The molecule has 1 saturated heterocycles. The van der Waals surface area contributed by atoms with Crippen molar-refractivity contribution in [2.24, 2.45) is 11.5 Å². The minimum absolute atomic E-state index is 0.106. The van der Waals surface area contributed by atoms with Crippen molar-refractivity contribution in [3.05, 3.63) is 35.9 Å². The molecule has 0 saturated carbocycles. The Hall–Kier alpha value is -1.92. The van der Waals surface area contributed by atoms with Gasteiger partial charge in [0.2, 0.25) is 5.91 Å². The number of hydrogen-bond donors (Lipinski definition) is 3. The van der Waals surface area contributed by atoms with Crippen LogP contribution in [0.15, 0.2) is 30.3 Å². The fourth-order valence-electron chi connectivity index (χ4n) is 1.76. The molecule has 1 aliphatic heterocycles. The van der Waals surface area contributed by atoms with Gasteiger partial charge in [0.1, 0.15) is 0 Å². The van der Waals surface area contributed by atoms with Gasteiger partial charge in [0.15, 0.2) is 5.79 Å². The van der Waals surface area contributed by atoms with Crippen LogP contribution in [0.4, 0.5) is 4.79 Å². The predicted molar refractivity (Wildman–Crippen MR) is 61.2 cm³/mol. The zero-order valence-corrected chi connectivity index (χ0v) is 9.22. The number of imide groups is 1. The first-order valence-electron chi connectivity index (χ1n) is 5.22. The number of benzene rings is 1. The monoisotopic (exact) mass is 234 g/mol. The lowest BCUT2D eigenvalue weighted by Gasteiger charge is -2.40. The topological polar surface area (TPSA) is 101 Å². The van der Waals surface area contributed by atoms with E-state index < -0.39 is 17.7 Å². The number of urea groups is 1. The first-order valence-corrected chi connectivity index (χ1v) is 5.22. The molecular formula is C11H14N4O2. The summed E-state index contributed by atoms with van der Waals surface area (Å²) in [4.78, 5) is 24.1. The van der Waals surface area contributed by atoms with E-state index in [1.165, 1.54) is 4.90 Å². The number of nitrogens with one attached hydrogen (secondary N) is 1. The smallest absolute Gasteiger partial charge is 0.296 e. The molecule has 5 N–H and O–H groups in total. The highest BCUT2D eigenvalue weighted by Crippen LogP contribution is 2.16. The van der Waals surface area contributed by atoms with Crippen molar-refractivity contribution >= 4 is 11.9 Å². The molecule has 1 heterocycles. The normalized spacial score (nSPS) is 19.1. The lowest BCUT2D eigenvalue weighted by Crippen LogP contribution is -2.71. The van der Waals surface area contributed by atoms with E-state index in [1.54, 1.807) is 0 Å². The maximum atomic E-state index is 11.7. The molecule has 6 nitrogen and oxygen atoms in total. The summed E-state index contributed by atoms with van der Waals surface area (Å²) in [5.74, 6) is -1.89. The van der Waals surface area contributed by atoms with Gasteiger partial charge in [0, 0.05) is 0 Å². The Morgan fingerprint density at radius 3 is 2.47 bits per heavy atom. The lowest BCUT2D eigenvalue weighted by molar-refractivity contribution is -0.125. The minimum atomic E-state index is -1.44. The highest BCUT2D eigenvalue weighted by Gasteiger charge is 2.39. The number of carbonyl (C=O) groups is 2. The Balaban J connectivity index is 2.19. The number of hydrogen-bond acceptors (Lipinski definition) is 4. The van der Waals surface area contributed by atoms with Crippen molar-refractivity contribution in [1.29, 1.82) is 0 Å². The fourth-order valence-corrected chi connectivity index (χ4v) is 1.76. The van der Waals surface area contributed by atoms with Crippen molar-refractivity contribution in [3.8, 4) is 0 Å². The molecule has 0 bridgehead atoms. The second-order valence-corrected chi connectivity index (χ2v) is 4.09. The summed E-state index contributed by atoms with van der Waals surface area (Å²) < 4.78 is 0. The average molecular weight is 234 g/mol. The van der Waals surface area contributed by atoms with Crippen molar-refractivity contribution in [3.63, 3.8) is 0 Å². The highest BCUT2D eigenvalue weighted by atomic mass is 16.2. The molecule has 1 aliphatic rings. The van der Waals surface area contributed by atoms with Gasteiger partial charge < -0.3 is 0 Å². The third kappa shape index (κ3) is 2.43. The van der Waals surface area contributed by atoms with Crippen LogP contribution < -0.4 is 16.8 Å². The van der Waals surface area contributed by atoms with E-state index in [1.807, 2.05) is 30.3 Å². The highest BCUT2D eigenvalue weighted by molar-refractivity contribution is 5.97. The molecule has 0 spiro atoms. The molecular weight excluding hydrogens is 220 g/mol. The Bertz CT molecular complexity index is 444. The standard InChI is InChI=1S/C11H14N4O2/c12-11(13)6-9(16)14-10(17)15(11)7-8-4-2-1-3-5-8/h1-5H,6-7,12-13H2,(H,14,16,17). The average Bonchev–Trinajstić information content (AvgIpc) is 2.24. The third-order valence-corrected chi connectivity index (χ3v) is 2.62. The summed E-state index contributed by atoms with van der Waals surface area (Å²) in [6, 6.07) is 8.75. The van der Waals surface area contributed by atoms with Gasteiger partial charge in [-0.25, -0.2) is 4.79 Å². The quantitative estimate of drug-likeness (QED) is 0.611. The van der Waals surface area contributed by atoms with Crippen molar-refractivity contribution in [2.75, 3.05) is 0 Å². The molecule has 6 heteroatoms. The van der Waals surface area contributed by atoms with Crippen LogP contribution in [0.3, 0.4) is 0 Å². The second kappa shape index (κ2) is 4.15. The van der Waals surface area contributed by atoms with Crippen LogP contribution in [0.25, 0.3) is 0 Å². The summed E-state index contributed by atoms with van der Waals surface area (Å²) in [5.41, 5.74) is 12.4. The molecule has 2 rings (SSSR count). The zero-order chi connectivity index (χ0) is 12.5. The van der Waals surface area contributed by atoms with E-state index in [4.69, 9.17) is 11.5 Å². The maximum absolute atomic E-state index is 11.7. The molecule has 90 valence electrons. The number of nitrogens with two attached hydrogens (primary N) is 2. The largest absolute Gasteiger partial charge is 0.326 e. The van der Waals surface area contributed by atoms with Gasteiger partial charge in [-0.2, -0.15) is 0 Å². The minimum Gasteiger partial charge on any atom is -0.296 e. The maximum Gasteiger partial charge on any atom is 0.326 e. The van der Waals surface area contributed by atoms with Gasteiger partial charge in [-0.1, -0.05) is 30.3 Å². The van der Waals surface area contributed by atoms with E-state index in [2.05, 4.69) is 5.32 Å². The van der Waals surface area contributed by atoms with Crippen LogP contribution in [-0.2, 0) is 11.3 Å². The molecule has 1 aromatic carbocycles. The van der Waals surface area contributed by atoms with Gasteiger partial charge in [-0.3, -0.25) is 26.5 Å². The summed E-state index contributed by atoms with van der Waals surface area (Å²) in [7, 11) is 0. The Kier molecular flexibility index (Phi) is 2.83. The van der Waals surface area contributed by atoms with Crippen LogP contribution in [0, 0.1) is 0 Å². The van der Waals surface area contributed by atoms with Crippen LogP contribution in [-0.4, -0.2) is 22.6 Å². The van der Waals surface area contributed by atoms with Crippen LogP contribution in [0.2, 0.25) is 0 Å². The summed E-state index contributed by atoms with van der Waals surface area (Å²) in [6.07, 6.45) is -0.106. The molecule has 17 heavy (non-hydrogen) atoms. The molecule has 0 aromatic heterocycles. The number of rotatable bonds is 2. The van der Waals surface area contributed by atoms with Gasteiger partial charge >= 0.3 is 6.03 Å². The van der Waals surface area contributed by atoms with E-state index in [9.17, 15) is 9.59 Å². The van der Waals surface area contributed by atoms with Gasteiger partial charge in [-0.15, -0.1) is 0 Å². The van der Waals surface area contributed by atoms with Gasteiger partial charge in [-0.05, 0) is 5.56 Å². The predicted octanol–water partition coefficient (Wildman–Crippen LogP) is -0.300. The number of carbonyl (C=O) groups excluding carboxylic acids is 2. The number of amides is 3. The van der Waals surface area contributed by atoms with Crippen molar-refractivity contribution in [1.82, 2.24) is 10.2 Å². The first-order chi connectivity index (χ1) is 7.99. The molecule has 1 aromatic rings. The summed E-state index contributed by atoms with van der Waals surface area (Å²) >= 11 is 0. The Morgan fingerprint density at radius 2 is 1.88 bits per heavy atom. The third-order valence-electron chi connectivity index (χ3n) is 2.62. The first kappa shape index (κ1) is 11.6. The van der Waals surface area contributed by atoms with Gasteiger partial charge in [0.25, 0.3) is 0 Å². The van der Waals surface area contributed by atoms with Crippen LogP contribution in [0.1, 0.15) is 12.0 Å². The Labute approximate surface area is 98.6 Å². The summed E-state index contributed by atoms with van der Waals surface area (Å²) in [6.45, 7) is 0.271. The fraction of sp³-hybridized carbons (Fsp3) is 0.273. The zero-order valence-electron chi connectivity index (χ0n) is 9.22. The molecule has 3 amide bonds. The molecule has 0 radical (unpaired) electrons. The van der Waals surface area contributed by atoms with Gasteiger partial charge in [0.05, 0.1) is 13.0 Å².